The summed E-state index contributed by atoms with van der Waals surface area (Å²) in [5.74, 6) is 0.780. The van der Waals surface area contributed by atoms with Crippen LogP contribution in [0.15, 0.2) is 42.5 Å². The van der Waals surface area contributed by atoms with Gasteiger partial charge in [-0.15, -0.1) is 15.0 Å². The number of aromatic hydroxyl groups is 1. The Hall–Kier alpha value is -2.56. The number of phenols is 1. The van der Waals surface area contributed by atoms with Gasteiger partial charge in [-0.2, -0.15) is 0 Å². The van der Waals surface area contributed by atoms with E-state index in [0.717, 1.165) is 17.5 Å². The molecule has 2 aromatic carbocycles. The maximum absolute atomic E-state index is 10.3. The Morgan fingerprint density at radius 3 is 2.33 bits per heavy atom. The Morgan fingerprint density at radius 1 is 0.958 bits per heavy atom. The summed E-state index contributed by atoms with van der Waals surface area (Å²) >= 11 is 0. The van der Waals surface area contributed by atoms with Crippen LogP contribution in [0.5, 0.6) is 11.5 Å². The molecule has 0 fully saturated rings. The average molecular weight is 325 g/mol. The van der Waals surface area contributed by atoms with Gasteiger partial charge in [0.25, 0.3) is 0 Å². The largest absolute Gasteiger partial charge is 0.505 e. The molecule has 0 unspecified atom stereocenters. The maximum Gasteiger partial charge on any atom is 0.146 e. The van der Waals surface area contributed by atoms with Crippen LogP contribution in [0.2, 0.25) is 0 Å². The molecule has 0 aliphatic heterocycles. The third-order valence-corrected chi connectivity index (χ3v) is 3.97. The minimum absolute atomic E-state index is 0.110. The van der Waals surface area contributed by atoms with Crippen molar-refractivity contribution >= 4 is 11.0 Å². The molecule has 126 valence electrons. The molecule has 0 spiro atoms. The lowest BCUT2D eigenvalue weighted by Crippen LogP contribution is -2.01. The van der Waals surface area contributed by atoms with E-state index in [1.807, 2.05) is 30.3 Å². The van der Waals surface area contributed by atoms with E-state index in [0.29, 0.717) is 18.0 Å². The normalized spacial score (nSPS) is 11.0. The van der Waals surface area contributed by atoms with Crippen LogP contribution in [0.3, 0.4) is 0 Å². The molecule has 1 aromatic heterocycles. The quantitative estimate of drug-likeness (QED) is 0.621. The number of fused-ring (bicyclic) bond motifs is 1. The first kappa shape index (κ1) is 16.3. The predicted octanol–water partition coefficient (Wildman–Crippen LogP) is 4.48. The van der Waals surface area contributed by atoms with Crippen LogP contribution in [0.1, 0.15) is 39.0 Å². The van der Waals surface area contributed by atoms with Crippen molar-refractivity contribution in [3.05, 3.63) is 42.5 Å². The van der Waals surface area contributed by atoms with Crippen LogP contribution in [-0.2, 0) is 0 Å². The number of ether oxygens (including phenoxy) is 1. The summed E-state index contributed by atoms with van der Waals surface area (Å²) in [4.78, 5) is 1.45. The highest BCUT2D eigenvalue weighted by atomic mass is 16.5. The van der Waals surface area contributed by atoms with E-state index in [1.54, 1.807) is 12.1 Å². The van der Waals surface area contributed by atoms with Gasteiger partial charge in [0.05, 0.1) is 6.61 Å². The van der Waals surface area contributed by atoms with E-state index >= 15 is 0 Å². The highest BCUT2D eigenvalue weighted by Crippen LogP contribution is 2.27. The molecule has 0 saturated heterocycles. The topological polar surface area (TPSA) is 60.2 Å². The van der Waals surface area contributed by atoms with Gasteiger partial charge in [-0.05, 0) is 30.7 Å². The number of benzene rings is 2. The van der Waals surface area contributed by atoms with Crippen LogP contribution in [0.25, 0.3) is 16.7 Å². The van der Waals surface area contributed by atoms with Gasteiger partial charge in [0.15, 0.2) is 0 Å². The van der Waals surface area contributed by atoms with Crippen molar-refractivity contribution in [2.75, 3.05) is 6.61 Å². The third kappa shape index (κ3) is 3.85. The molecule has 0 amide bonds. The summed E-state index contributed by atoms with van der Waals surface area (Å²) < 4.78 is 5.71. The summed E-state index contributed by atoms with van der Waals surface area (Å²) in [5.41, 5.74) is 2.13. The highest BCUT2D eigenvalue weighted by molar-refractivity contribution is 5.73. The fraction of sp³-hybridized carbons (Fsp3) is 0.368. The van der Waals surface area contributed by atoms with Gasteiger partial charge in [-0.25, -0.2) is 0 Å². The Bertz CT molecular complexity index is 765. The molecule has 1 N–H and O–H groups in total. The molecule has 0 saturated carbocycles. The molecule has 24 heavy (non-hydrogen) atoms. The Labute approximate surface area is 141 Å². The number of phenolic OH excluding ortho intramolecular Hbond substituents is 1. The van der Waals surface area contributed by atoms with Crippen molar-refractivity contribution in [2.24, 2.45) is 0 Å². The summed E-state index contributed by atoms with van der Waals surface area (Å²) in [6.07, 6.45) is 5.99. The number of aromatic nitrogens is 3. The molecule has 5 nitrogen and oxygen atoms in total. The summed E-state index contributed by atoms with van der Waals surface area (Å²) in [5, 5.41) is 19.0. The standard InChI is InChI=1S/C19H23N3O2/c1-2-3-4-5-8-13-24-15-11-12-18(19(23)14-15)22-20-16-9-6-7-10-17(16)21-22/h6-7,9-12,14,23H,2-5,8,13H2,1H3. The summed E-state index contributed by atoms with van der Waals surface area (Å²) in [6, 6.07) is 12.9. The smallest absolute Gasteiger partial charge is 0.146 e. The number of hydrogen-bond acceptors (Lipinski definition) is 4. The summed E-state index contributed by atoms with van der Waals surface area (Å²) in [6.45, 7) is 2.88. The lowest BCUT2D eigenvalue weighted by atomic mass is 10.2. The molecule has 0 aliphatic rings. The molecule has 1 heterocycles. The Kier molecular flexibility index (Phi) is 5.31. The zero-order valence-electron chi connectivity index (χ0n) is 14.0. The third-order valence-electron chi connectivity index (χ3n) is 3.97. The van der Waals surface area contributed by atoms with Crippen molar-refractivity contribution in [3.63, 3.8) is 0 Å². The van der Waals surface area contributed by atoms with Crippen molar-refractivity contribution in [1.82, 2.24) is 15.0 Å². The number of hydrogen-bond donors (Lipinski definition) is 1. The van der Waals surface area contributed by atoms with Crippen molar-refractivity contribution in [3.8, 4) is 17.2 Å². The van der Waals surface area contributed by atoms with Gasteiger partial charge < -0.3 is 9.84 Å². The van der Waals surface area contributed by atoms with Crippen molar-refractivity contribution in [1.29, 1.82) is 0 Å². The minimum atomic E-state index is 0.110. The van der Waals surface area contributed by atoms with Crippen LogP contribution in [-0.4, -0.2) is 26.7 Å². The first-order valence-electron chi connectivity index (χ1n) is 8.56. The second-order valence-electron chi connectivity index (χ2n) is 5.89. The lowest BCUT2D eigenvalue weighted by molar-refractivity contribution is 0.303. The van der Waals surface area contributed by atoms with Crippen LogP contribution in [0, 0.1) is 0 Å². The predicted molar refractivity (Wildman–Crippen MR) is 94.8 cm³/mol. The second kappa shape index (κ2) is 7.81. The fourth-order valence-corrected chi connectivity index (χ4v) is 2.63. The van der Waals surface area contributed by atoms with E-state index in [-0.39, 0.29) is 5.75 Å². The minimum Gasteiger partial charge on any atom is -0.505 e. The zero-order valence-corrected chi connectivity index (χ0v) is 14.0. The zero-order chi connectivity index (χ0) is 16.8. The molecule has 0 bridgehead atoms. The van der Waals surface area contributed by atoms with E-state index in [4.69, 9.17) is 4.74 Å². The van der Waals surface area contributed by atoms with E-state index < -0.39 is 0 Å². The molecule has 0 aliphatic carbocycles. The molecular weight excluding hydrogens is 302 g/mol. The molecule has 0 atom stereocenters. The van der Waals surface area contributed by atoms with Crippen LogP contribution in [0.4, 0.5) is 0 Å². The first-order chi connectivity index (χ1) is 11.8. The monoisotopic (exact) mass is 325 g/mol. The summed E-state index contributed by atoms with van der Waals surface area (Å²) in [7, 11) is 0. The average Bonchev–Trinajstić information content (AvgIpc) is 3.02. The van der Waals surface area contributed by atoms with E-state index in [2.05, 4.69) is 17.1 Å². The molecule has 3 rings (SSSR count). The first-order valence-corrected chi connectivity index (χ1v) is 8.56. The van der Waals surface area contributed by atoms with E-state index in [9.17, 15) is 5.11 Å². The Balaban J connectivity index is 1.64. The number of unbranched alkanes of at least 4 members (excludes halogenated alkanes) is 4. The van der Waals surface area contributed by atoms with Crippen molar-refractivity contribution in [2.45, 2.75) is 39.0 Å². The van der Waals surface area contributed by atoms with Gasteiger partial charge in [0.1, 0.15) is 28.2 Å². The fourth-order valence-electron chi connectivity index (χ4n) is 2.63. The van der Waals surface area contributed by atoms with Crippen LogP contribution >= 0.6 is 0 Å². The maximum atomic E-state index is 10.3. The van der Waals surface area contributed by atoms with Gasteiger partial charge in [-0.1, -0.05) is 44.7 Å². The SMILES string of the molecule is CCCCCCCOc1ccc(-n2nc3ccccc3n2)c(O)c1. The lowest BCUT2D eigenvalue weighted by Gasteiger charge is -2.08. The highest BCUT2D eigenvalue weighted by Gasteiger charge is 2.09. The van der Waals surface area contributed by atoms with Gasteiger partial charge in [0, 0.05) is 6.07 Å². The second-order valence-corrected chi connectivity index (χ2v) is 5.89. The van der Waals surface area contributed by atoms with Gasteiger partial charge in [-0.3, -0.25) is 0 Å². The van der Waals surface area contributed by atoms with Crippen LogP contribution < -0.4 is 4.74 Å². The Morgan fingerprint density at radius 2 is 1.67 bits per heavy atom. The molecule has 5 heteroatoms. The van der Waals surface area contributed by atoms with Gasteiger partial charge in [0.2, 0.25) is 0 Å². The molecule has 0 radical (unpaired) electrons. The number of nitrogens with zero attached hydrogens (tertiary/aromatic N) is 3. The van der Waals surface area contributed by atoms with Crippen molar-refractivity contribution < 1.29 is 9.84 Å². The molecular formula is C19H23N3O2. The van der Waals surface area contributed by atoms with E-state index in [1.165, 1.54) is 30.5 Å². The van der Waals surface area contributed by atoms with Gasteiger partial charge >= 0.3 is 0 Å². The number of rotatable bonds is 8. The molecule has 3 aromatic rings.